The van der Waals surface area contributed by atoms with Gasteiger partial charge in [-0.3, -0.25) is 9.59 Å². The minimum absolute atomic E-state index is 0.125. The predicted molar refractivity (Wildman–Crippen MR) is 99.1 cm³/mol. The molecule has 6 nitrogen and oxygen atoms in total. The summed E-state index contributed by atoms with van der Waals surface area (Å²) in [5.41, 5.74) is 7.07. The number of thiophene rings is 1. The van der Waals surface area contributed by atoms with E-state index in [1.165, 1.54) is 11.3 Å². The summed E-state index contributed by atoms with van der Waals surface area (Å²) in [6, 6.07) is 7.23. The molecule has 0 unspecified atom stereocenters. The fourth-order valence-electron chi connectivity index (χ4n) is 3.43. The maximum Gasteiger partial charge on any atom is 0.269 e. The third-order valence-electron chi connectivity index (χ3n) is 4.71. The van der Waals surface area contributed by atoms with Crippen LogP contribution >= 0.6 is 11.3 Å². The molecule has 0 spiro atoms. The lowest BCUT2D eigenvalue weighted by molar-refractivity contribution is -0.125. The van der Waals surface area contributed by atoms with Crippen LogP contribution in [0.15, 0.2) is 24.3 Å². The van der Waals surface area contributed by atoms with Crippen molar-refractivity contribution < 1.29 is 19.1 Å². The van der Waals surface area contributed by atoms with Gasteiger partial charge in [0.1, 0.15) is 11.6 Å². The molecule has 26 heavy (non-hydrogen) atoms. The average Bonchev–Trinajstić information content (AvgIpc) is 2.82. The molecule has 0 bridgehead atoms. The van der Waals surface area contributed by atoms with Crippen molar-refractivity contribution in [1.29, 1.82) is 0 Å². The summed E-state index contributed by atoms with van der Waals surface area (Å²) in [7, 11) is 0. The van der Waals surface area contributed by atoms with Gasteiger partial charge in [-0.2, -0.15) is 0 Å². The van der Waals surface area contributed by atoms with Gasteiger partial charge in [0.15, 0.2) is 11.5 Å². The zero-order chi connectivity index (χ0) is 18.1. The zero-order valence-corrected chi connectivity index (χ0v) is 15.1. The van der Waals surface area contributed by atoms with E-state index in [-0.39, 0.29) is 12.5 Å². The third-order valence-corrected chi connectivity index (χ3v) is 5.91. The van der Waals surface area contributed by atoms with E-state index in [9.17, 15) is 9.59 Å². The second-order valence-corrected chi connectivity index (χ2v) is 7.59. The molecule has 0 saturated heterocycles. The van der Waals surface area contributed by atoms with Crippen LogP contribution in [0.5, 0.6) is 11.5 Å². The first-order chi connectivity index (χ1) is 12.6. The standard InChI is InChI=1S/C19H20N2O4S/c20-17(22)16-11-6-2-1-3-9-15(11)26-19(16)21-18(23)14-10-24-12-7-4-5-8-13(12)25-14/h4-5,7-8,14H,1-3,6,9-10H2,(H2,20,22)(H,21,23)/t14-/m0/s1. The van der Waals surface area contributed by atoms with Gasteiger partial charge in [0, 0.05) is 4.88 Å². The lowest BCUT2D eigenvalue weighted by Gasteiger charge is -2.25. The number of primary amides is 1. The highest BCUT2D eigenvalue weighted by Gasteiger charge is 2.30. The number of benzene rings is 1. The molecular weight excluding hydrogens is 352 g/mol. The van der Waals surface area contributed by atoms with Crippen molar-refractivity contribution in [3.63, 3.8) is 0 Å². The molecule has 2 amide bonds. The molecule has 2 aromatic rings. The van der Waals surface area contributed by atoms with Crippen molar-refractivity contribution >= 4 is 28.2 Å². The number of carbonyl (C=O) groups excluding carboxylic acids is 2. The Hall–Kier alpha value is -2.54. The summed E-state index contributed by atoms with van der Waals surface area (Å²) >= 11 is 1.45. The molecule has 0 radical (unpaired) electrons. The van der Waals surface area contributed by atoms with Crippen LogP contribution < -0.4 is 20.5 Å². The predicted octanol–water partition coefficient (Wildman–Crippen LogP) is 2.89. The Morgan fingerprint density at radius 1 is 1.12 bits per heavy atom. The van der Waals surface area contributed by atoms with Crippen molar-refractivity contribution in [3.8, 4) is 11.5 Å². The molecule has 1 aromatic heterocycles. The van der Waals surface area contributed by atoms with E-state index in [0.717, 1.165) is 42.5 Å². The highest BCUT2D eigenvalue weighted by molar-refractivity contribution is 7.17. The van der Waals surface area contributed by atoms with Crippen LogP contribution in [-0.4, -0.2) is 24.5 Å². The Bertz CT molecular complexity index is 861. The molecule has 2 aliphatic rings. The quantitative estimate of drug-likeness (QED) is 0.811. The first kappa shape index (κ1) is 16.9. The number of rotatable bonds is 3. The molecule has 1 aliphatic heterocycles. The third kappa shape index (κ3) is 3.14. The number of hydrogen-bond acceptors (Lipinski definition) is 5. The van der Waals surface area contributed by atoms with Gasteiger partial charge in [0.05, 0.1) is 5.56 Å². The molecule has 1 aliphatic carbocycles. The first-order valence-corrected chi connectivity index (χ1v) is 9.59. The number of nitrogens with one attached hydrogen (secondary N) is 1. The van der Waals surface area contributed by atoms with Gasteiger partial charge in [-0.25, -0.2) is 0 Å². The van der Waals surface area contributed by atoms with Crippen LogP contribution in [0, 0.1) is 0 Å². The Morgan fingerprint density at radius 3 is 2.69 bits per heavy atom. The smallest absolute Gasteiger partial charge is 0.269 e. The lowest BCUT2D eigenvalue weighted by Crippen LogP contribution is -2.40. The average molecular weight is 372 g/mol. The maximum absolute atomic E-state index is 12.7. The molecule has 3 N–H and O–H groups in total. The number of aryl methyl sites for hydroxylation is 1. The minimum Gasteiger partial charge on any atom is -0.485 e. The largest absolute Gasteiger partial charge is 0.485 e. The van der Waals surface area contributed by atoms with Crippen molar-refractivity contribution in [2.75, 3.05) is 11.9 Å². The molecule has 1 aromatic carbocycles. The van der Waals surface area contributed by atoms with E-state index < -0.39 is 12.0 Å². The van der Waals surface area contributed by atoms with E-state index in [1.807, 2.05) is 12.1 Å². The monoisotopic (exact) mass is 372 g/mol. The maximum atomic E-state index is 12.7. The molecule has 136 valence electrons. The van der Waals surface area contributed by atoms with Crippen LogP contribution in [0.4, 0.5) is 5.00 Å². The fourth-order valence-corrected chi connectivity index (χ4v) is 4.73. The highest BCUT2D eigenvalue weighted by Crippen LogP contribution is 2.38. The minimum atomic E-state index is -0.771. The van der Waals surface area contributed by atoms with E-state index in [4.69, 9.17) is 15.2 Å². The Morgan fingerprint density at radius 2 is 1.88 bits per heavy atom. The second kappa shape index (κ2) is 6.99. The SMILES string of the molecule is NC(=O)c1c(NC(=O)[C@@H]2COc3ccccc3O2)sc2c1CCCCC2. The van der Waals surface area contributed by atoms with Gasteiger partial charge in [-0.1, -0.05) is 18.6 Å². The molecule has 1 atom stereocenters. The summed E-state index contributed by atoms with van der Waals surface area (Å²) in [6.07, 6.45) is 4.26. The number of anilines is 1. The van der Waals surface area contributed by atoms with E-state index in [2.05, 4.69) is 5.32 Å². The topological polar surface area (TPSA) is 90.7 Å². The van der Waals surface area contributed by atoms with Crippen LogP contribution in [0.25, 0.3) is 0 Å². The van der Waals surface area contributed by atoms with Crippen molar-refractivity contribution in [1.82, 2.24) is 0 Å². The number of fused-ring (bicyclic) bond motifs is 2. The van der Waals surface area contributed by atoms with E-state index in [0.29, 0.717) is 22.1 Å². The summed E-state index contributed by atoms with van der Waals surface area (Å²) in [5, 5.41) is 3.37. The van der Waals surface area contributed by atoms with Crippen molar-refractivity contribution in [2.24, 2.45) is 5.73 Å². The number of ether oxygens (including phenoxy) is 2. The van der Waals surface area contributed by atoms with Gasteiger partial charge < -0.3 is 20.5 Å². The van der Waals surface area contributed by atoms with E-state index in [1.54, 1.807) is 12.1 Å². The molecule has 4 rings (SSSR count). The number of nitrogens with two attached hydrogens (primary N) is 1. The van der Waals surface area contributed by atoms with E-state index >= 15 is 0 Å². The second-order valence-electron chi connectivity index (χ2n) is 6.49. The Balaban J connectivity index is 1.56. The molecular formula is C19H20N2O4S. The van der Waals surface area contributed by atoms with Gasteiger partial charge in [0.2, 0.25) is 6.10 Å². The summed E-state index contributed by atoms with van der Waals surface area (Å²) < 4.78 is 11.3. The fraction of sp³-hybridized carbons (Fsp3) is 0.368. The van der Waals surface area contributed by atoms with Gasteiger partial charge in [-0.05, 0) is 43.4 Å². The molecule has 0 fully saturated rings. The first-order valence-electron chi connectivity index (χ1n) is 8.77. The molecule has 2 heterocycles. The summed E-state index contributed by atoms with van der Waals surface area (Å²) in [6.45, 7) is 0.125. The summed E-state index contributed by atoms with van der Waals surface area (Å²) in [4.78, 5) is 25.8. The van der Waals surface area contributed by atoms with Gasteiger partial charge >= 0.3 is 0 Å². The van der Waals surface area contributed by atoms with Crippen LogP contribution in [0.3, 0.4) is 0 Å². The Kier molecular flexibility index (Phi) is 4.55. The van der Waals surface area contributed by atoms with Crippen LogP contribution in [-0.2, 0) is 17.6 Å². The van der Waals surface area contributed by atoms with Gasteiger partial charge in [0.25, 0.3) is 11.8 Å². The van der Waals surface area contributed by atoms with Crippen LogP contribution in [0.2, 0.25) is 0 Å². The van der Waals surface area contributed by atoms with Crippen LogP contribution in [0.1, 0.15) is 40.1 Å². The summed E-state index contributed by atoms with van der Waals surface area (Å²) in [5.74, 6) is 0.331. The number of hydrogen-bond donors (Lipinski definition) is 2. The van der Waals surface area contributed by atoms with Gasteiger partial charge in [-0.15, -0.1) is 11.3 Å². The van der Waals surface area contributed by atoms with Crippen molar-refractivity contribution in [3.05, 3.63) is 40.3 Å². The zero-order valence-electron chi connectivity index (χ0n) is 14.2. The molecule has 0 saturated carbocycles. The Labute approximate surface area is 155 Å². The number of para-hydroxylation sites is 2. The molecule has 7 heteroatoms. The van der Waals surface area contributed by atoms with Crippen molar-refractivity contribution in [2.45, 2.75) is 38.2 Å². The normalized spacial score (nSPS) is 18.5. The number of carbonyl (C=O) groups is 2. The lowest BCUT2D eigenvalue weighted by atomic mass is 10.1. The highest BCUT2D eigenvalue weighted by atomic mass is 32.1. The number of amides is 2.